The fourth-order valence-electron chi connectivity index (χ4n) is 2.30. The average Bonchev–Trinajstić information content (AvgIpc) is 3.34. The number of epoxide rings is 1. The van der Waals surface area contributed by atoms with Gasteiger partial charge < -0.3 is 9.47 Å². The number of carbonyl (C=O) groups is 1. The van der Waals surface area contributed by atoms with Gasteiger partial charge in [-0.25, -0.2) is 0 Å². The predicted octanol–water partition coefficient (Wildman–Crippen LogP) is 3.67. The third kappa shape index (κ3) is 2.99. The van der Waals surface area contributed by atoms with E-state index in [-0.39, 0.29) is 18.5 Å². The zero-order valence-electron chi connectivity index (χ0n) is 11.7. The highest BCUT2D eigenvalue weighted by molar-refractivity contribution is 6.31. The van der Waals surface area contributed by atoms with E-state index in [1.807, 2.05) is 30.3 Å². The highest BCUT2D eigenvalue weighted by Crippen LogP contribution is 2.41. The lowest BCUT2D eigenvalue weighted by molar-refractivity contribution is 0.0950. The van der Waals surface area contributed by atoms with E-state index >= 15 is 0 Å². The highest BCUT2D eigenvalue weighted by atomic mass is 35.5. The molecule has 0 bridgehead atoms. The molecule has 0 saturated carbocycles. The number of rotatable bonds is 5. The van der Waals surface area contributed by atoms with Gasteiger partial charge in [-0.2, -0.15) is 0 Å². The molecule has 0 spiro atoms. The third-order valence-electron chi connectivity index (χ3n) is 3.40. The zero-order valence-corrected chi connectivity index (χ0v) is 12.4. The van der Waals surface area contributed by atoms with Crippen molar-refractivity contribution < 1.29 is 14.3 Å². The van der Waals surface area contributed by atoms with Crippen molar-refractivity contribution in [1.82, 2.24) is 0 Å². The molecule has 0 radical (unpaired) electrons. The normalized spacial score (nSPS) is 19.3. The number of hydrogen-bond donors (Lipinski definition) is 0. The molecular weight excluding hydrogens is 300 g/mol. The molecule has 1 saturated heterocycles. The minimum atomic E-state index is -0.506. The quantitative estimate of drug-likeness (QED) is 0.480. The van der Waals surface area contributed by atoms with Crippen LogP contribution in [0.4, 0.5) is 0 Å². The summed E-state index contributed by atoms with van der Waals surface area (Å²) in [5.74, 6) is 2.65. The summed E-state index contributed by atoms with van der Waals surface area (Å²) in [6, 6.07) is 14.5. The number of carbonyl (C=O) groups excluding carboxylic acids is 1. The first-order valence-corrected chi connectivity index (χ1v) is 7.19. The molecule has 1 heterocycles. The fourth-order valence-corrected chi connectivity index (χ4v) is 2.47. The van der Waals surface area contributed by atoms with Gasteiger partial charge in [-0.05, 0) is 23.8 Å². The van der Waals surface area contributed by atoms with Crippen molar-refractivity contribution in [1.29, 1.82) is 0 Å². The number of benzene rings is 2. The Morgan fingerprint density at radius 2 is 2.05 bits per heavy atom. The van der Waals surface area contributed by atoms with Crippen molar-refractivity contribution >= 4 is 17.4 Å². The first kappa shape index (κ1) is 14.6. The van der Waals surface area contributed by atoms with Gasteiger partial charge in [-0.15, -0.1) is 6.42 Å². The molecule has 2 aromatic carbocycles. The van der Waals surface area contributed by atoms with Crippen LogP contribution in [-0.4, -0.2) is 18.5 Å². The molecule has 2 atom stereocenters. The first-order chi connectivity index (χ1) is 10.7. The molecule has 0 N–H and O–H groups in total. The van der Waals surface area contributed by atoms with Gasteiger partial charge in [0.1, 0.15) is 18.5 Å². The van der Waals surface area contributed by atoms with E-state index in [9.17, 15) is 4.79 Å². The largest absolute Gasteiger partial charge is 0.480 e. The van der Waals surface area contributed by atoms with Crippen molar-refractivity contribution in [2.75, 3.05) is 6.61 Å². The van der Waals surface area contributed by atoms with Crippen molar-refractivity contribution in [3.05, 3.63) is 64.7 Å². The second-order valence-corrected chi connectivity index (χ2v) is 5.32. The third-order valence-corrected chi connectivity index (χ3v) is 3.63. The second kappa shape index (κ2) is 6.23. The maximum atomic E-state index is 12.6. The summed E-state index contributed by atoms with van der Waals surface area (Å²) in [5, 5.41) is 0.466. The maximum absolute atomic E-state index is 12.6. The Kier molecular flexibility index (Phi) is 4.15. The topological polar surface area (TPSA) is 38.8 Å². The van der Waals surface area contributed by atoms with Crippen LogP contribution in [0.1, 0.15) is 22.0 Å². The molecule has 3 rings (SSSR count). The molecule has 0 aromatic heterocycles. The predicted molar refractivity (Wildman–Crippen MR) is 84.2 cm³/mol. The van der Waals surface area contributed by atoms with Gasteiger partial charge >= 0.3 is 0 Å². The Morgan fingerprint density at radius 3 is 2.77 bits per heavy atom. The Bertz CT molecular complexity index is 734. The second-order valence-electron chi connectivity index (χ2n) is 4.89. The standard InChI is InChI=1S/C18H13ClO3/c1-2-10-21-15-9-8-13(19)11-14(15)16(20)18-17(22-18)12-6-4-3-5-7-12/h1,3-9,11,17-18H,10H2. The van der Waals surface area contributed by atoms with Crippen LogP contribution in [0.3, 0.4) is 0 Å². The lowest BCUT2D eigenvalue weighted by atomic mass is 10.0. The van der Waals surface area contributed by atoms with Gasteiger partial charge in [0.25, 0.3) is 0 Å². The van der Waals surface area contributed by atoms with Crippen LogP contribution in [0.25, 0.3) is 0 Å². The SMILES string of the molecule is C#CCOc1ccc(Cl)cc1C(=O)C1OC1c1ccccc1. The molecule has 1 fully saturated rings. The number of terminal acetylenes is 1. The summed E-state index contributed by atoms with van der Waals surface area (Å²) in [5.41, 5.74) is 1.38. The van der Waals surface area contributed by atoms with Crippen LogP contribution < -0.4 is 4.74 Å². The van der Waals surface area contributed by atoms with E-state index in [1.54, 1.807) is 18.2 Å². The molecule has 110 valence electrons. The minimum Gasteiger partial charge on any atom is -0.480 e. The minimum absolute atomic E-state index is 0.0928. The van der Waals surface area contributed by atoms with Crippen LogP contribution in [0.5, 0.6) is 5.75 Å². The summed E-state index contributed by atoms with van der Waals surface area (Å²) in [6.45, 7) is 0.0928. The molecule has 1 aliphatic rings. The van der Waals surface area contributed by atoms with E-state index in [4.69, 9.17) is 27.5 Å². The van der Waals surface area contributed by atoms with Gasteiger partial charge in [0.05, 0.1) is 5.56 Å². The van der Waals surface area contributed by atoms with E-state index in [0.29, 0.717) is 16.3 Å². The molecule has 1 aliphatic heterocycles. The van der Waals surface area contributed by atoms with Crippen molar-refractivity contribution in [3.63, 3.8) is 0 Å². The highest BCUT2D eigenvalue weighted by Gasteiger charge is 2.46. The number of ketones is 1. The monoisotopic (exact) mass is 312 g/mol. The van der Waals surface area contributed by atoms with Crippen molar-refractivity contribution in [3.8, 4) is 18.1 Å². The number of Topliss-reactive ketones (excluding diaryl/α,β-unsaturated/α-hetero) is 1. The van der Waals surface area contributed by atoms with E-state index in [2.05, 4.69) is 5.92 Å². The Balaban J connectivity index is 1.81. The zero-order chi connectivity index (χ0) is 15.5. The molecule has 3 nitrogen and oxygen atoms in total. The smallest absolute Gasteiger partial charge is 0.198 e. The summed E-state index contributed by atoms with van der Waals surface area (Å²) in [4.78, 5) is 12.6. The van der Waals surface area contributed by atoms with E-state index in [1.165, 1.54) is 0 Å². The van der Waals surface area contributed by atoms with Gasteiger partial charge in [0, 0.05) is 5.02 Å². The Hall–Kier alpha value is -2.28. The number of halogens is 1. The van der Waals surface area contributed by atoms with Crippen LogP contribution in [-0.2, 0) is 4.74 Å². The van der Waals surface area contributed by atoms with Crippen LogP contribution in [0, 0.1) is 12.3 Å². The van der Waals surface area contributed by atoms with Crippen LogP contribution in [0.15, 0.2) is 48.5 Å². The van der Waals surface area contributed by atoms with Gasteiger partial charge in [-0.1, -0.05) is 47.9 Å². The number of ether oxygens (including phenoxy) is 2. The lowest BCUT2D eigenvalue weighted by Crippen LogP contribution is -2.11. The fraction of sp³-hybridized carbons (Fsp3) is 0.167. The van der Waals surface area contributed by atoms with E-state index in [0.717, 1.165) is 5.56 Å². The molecule has 2 unspecified atom stereocenters. The van der Waals surface area contributed by atoms with Crippen molar-refractivity contribution in [2.24, 2.45) is 0 Å². The average molecular weight is 313 g/mol. The molecule has 0 amide bonds. The maximum Gasteiger partial charge on any atom is 0.198 e. The lowest BCUT2D eigenvalue weighted by Gasteiger charge is -2.08. The molecule has 0 aliphatic carbocycles. The molecule has 4 heteroatoms. The molecule has 22 heavy (non-hydrogen) atoms. The van der Waals surface area contributed by atoms with E-state index < -0.39 is 6.10 Å². The first-order valence-electron chi connectivity index (χ1n) is 6.81. The summed E-state index contributed by atoms with van der Waals surface area (Å²) in [7, 11) is 0. The van der Waals surface area contributed by atoms with Gasteiger partial charge in [0.15, 0.2) is 11.9 Å². The van der Waals surface area contributed by atoms with Gasteiger partial charge in [0.2, 0.25) is 0 Å². The van der Waals surface area contributed by atoms with Crippen molar-refractivity contribution in [2.45, 2.75) is 12.2 Å². The van der Waals surface area contributed by atoms with Gasteiger partial charge in [-0.3, -0.25) is 4.79 Å². The summed E-state index contributed by atoms with van der Waals surface area (Å²) in [6.07, 6.45) is 4.47. The Labute approximate surface area is 133 Å². The molecular formula is C18H13ClO3. The number of hydrogen-bond acceptors (Lipinski definition) is 3. The van der Waals surface area contributed by atoms with Crippen LogP contribution in [0.2, 0.25) is 5.02 Å². The summed E-state index contributed by atoms with van der Waals surface area (Å²) >= 11 is 5.98. The molecule has 2 aromatic rings. The van der Waals surface area contributed by atoms with Crippen LogP contribution >= 0.6 is 11.6 Å². The summed E-state index contributed by atoms with van der Waals surface area (Å²) < 4.78 is 10.9. The Morgan fingerprint density at radius 1 is 1.27 bits per heavy atom.